The van der Waals surface area contributed by atoms with Crippen molar-refractivity contribution >= 4 is 5.97 Å². The van der Waals surface area contributed by atoms with Crippen molar-refractivity contribution in [2.45, 2.75) is 89.1 Å². The minimum atomic E-state index is -6.02. The van der Waals surface area contributed by atoms with E-state index in [4.69, 9.17) is 0 Å². The average molecular weight is 479 g/mol. The fourth-order valence-electron chi connectivity index (χ4n) is 5.47. The van der Waals surface area contributed by atoms with Crippen LogP contribution in [-0.2, 0) is 16.0 Å². The van der Waals surface area contributed by atoms with Gasteiger partial charge in [0.2, 0.25) is 0 Å². The van der Waals surface area contributed by atoms with E-state index in [1.54, 1.807) is 6.07 Å². The van der Waals surface area contributed by atoms with Crippen LogP contribution in [-0.4, -0.2) is 24.7 Å². The molecule has 0 spiro atoms. The molecule has 3 rings (SSSR count). The van der Waals surface area contributed by atoms with Gasteiger partial charge in [-0.25, -0.2) is 9.18 Å². The van der Waals surface area contributed by atoms with Crippen molar-refractivity contribution in [2.24, 2.45) is 17.8 Å². The van der Waals surface area contributed by atoms with Gasteiger partial charge in [0.05, 0.1) is 6.61 Å². The summed E-state index contributed by atoms with van der Waals surface area (Å²) in [5.74, 6) is -6.13. The molecule has 2 fully saturated rings. The van der Waals surface area contributed by atoms with Crippen LogP contribution in [0.4, 0.5) is 26.3 Å². The van der Waals surface area contributed by atoms with E-state index in [9.17, 15) is 31.1 Å². The van der Waals surface area contributed by atoms with E-state index in [1.807, 2.05) is 0 Å². The molecule has 0 aliphatic heterocycles. The van der Waals surface area contributed by atoms with Gasteiger partial charge in [0.1, 0.15) is 5.82 Å². The number of halogens is 6. The van der Waals surface area contributed by atoms with E-state index < -0.39 is 30.5 Å². The van der Waals surface area contributed by atoms with Crippen LogP contribution in [0, 0.1) is 23.6 Å². The molecular formula is C25H32F6O2. The van der Waals surface area contributed by atoms with Crippen molar-refractivity contribution in [1.82, 2.24) is 0 Å². The molecule has 0 saturated heterocycles. The van der Waals surface area contributed by atoms with Crippen LogP contribution < -0.4 is 0 Å². The van der Waals surface area contributed by atoms with Gasteiger partial charge in [-0.15, -0.1) is 0 Å². The molecule has 186 valence electrons. The zero-order valence-electron chi connectivity index (χ0n) is 18.9. The number of rotatable bonds is 7. The SMILES string of the molecule is CCC1CCC(C2CCC(c3ccc(CCOC(=O)C(F)(F)C(F)(F)F)c(F)c3)CC2)CC1. The molecule has 0 N–H and O–H groups in total. The molecule has 0 amide bonds. The summed E-state index contributed by atoms with van der Waals surface area (Å²) in [6.07, 6.45) is 4.54. The third kappa shape index (κ3) is 6.24. The number of carbonyl (C=O) groups excluding carboxylic acids is 1. The van der Waals surface area contributed by atoms with E-state index >= 15 is 0 Å². The van der Waals surface area contributed by atoms with E-state index in [1.165, 1.54) is 44.2 Å². The number of ether oxygens (including phenoxy) is 1. The normalized spacial score (nSPS) is 26.8. The molecule has 0 atom stereocenters. The molecule has 0 aromatic heterocycles. The second-order valence-electron chi connectivity index (χ2n) is 9.61. The maximum atomic E-state index is 14.5. The Bertz CT molecular complexity index is 791. The summed E-state index contributed by atoms with van der Waals surface area (Å²) in [4.78, 5) is 11.0. The number of benzene rings is 1. The van der Waals surface area contributed by atoms with Gasteiger partial charge in [0.15, 0.2) is 0 Å². The Balaban J connectivity index is 1.47. The van der Waals surface area contributed by atoms with Gasteiger partial charge in [-0.05, 0) is 79.4 Å². The first-order valence-electron chi connectivity index (χ1n) is 11.9. The van der Waals surface area contributed by atoms with E-state index in [0.29, 0.717) is 0 Å². The molecule has 1 aromatic carbocycles. The molecule has 0 heterocycles. The maximum Gasteiger partial charge on any atom is 0.465 e. The fourth-order valence-corrected chi connectivity index (χ4v) is 5.47. The molecule has 33 heavy (non-hydrogen) atoms. The second-order valence-corrected chi connectivity index (χ2v) is 9.61. The van der Waals surface area contributed by atoms with Crippen LogP contribution >= 0.6 is 0 Å². The van der Waals surface area contributed by atoms with E-state index in [-0.39, 0.29) is 17.9 Å². The minimum Gasteiger partial charge on any atom is -0.461 e. The second kappa shape index (κ2) is 10.7. The van der Waals surface area contributed by atoms with Gasteiger partial charge in [-0.1, -0.05) is 38.3 Å². The summed E-state index contributed by atoms with van der Waals surface area (Å²) in [6, 6.07) is 4.69. The highest BCUT2D eigenvalue weighted by Gasteiger charge is 2.64. The number of alkyl halides is 5. The summed E-state index contributed by atoms with van der Waals surface area (Å²) in [7, 11) is 0. The summed E-state index contributed by atoms with van der Waals surface area (Å²) in [5.41, 5.74) is 0.994. The third-order valence-corrected chi connectivity index (χ3v) is 7.67. The van der Waals surface area contributed by atoms with Crippen LogP contribution in [0.15, 0.2) is 18.2 Å². The third-order valence-electron chi connectivity index (χ3n) is 7.67. The lowest BCUT2D eigenvalue weighted by Crippen LogP contribution is -2.45. The van der Waals surface area contributed by atoms with Crippen LogP contribution in [0.3, 0.4) is 0 Å². The number of hydrogen-bond donors (Lipinski definition) is 0. The zero-order chi connectivity index (χ0) is 24.2. The van der Waals surface area contributed by atoms with Crippen LogP contribution in [0.5, 0.6) is 0 Å². The highest BCUT2D eigenvalue weighted by Crippen LogP contribution is 2.44. The molecule has 2 saturated carbocycles. The molecule has 0 unspecified atom stereocenters. The number of esters is 1. The van der Waals surface area contributed by atoms with Gasteiger partial charge >= 0.3 is 18.1 Å². The van der Waals surface area contributed by atoms with Crippen LogP contribution in [0.1, 0.15) is 81.8 Å². The van der Waals surface area contributed by atoms with Crippen molar-refractivity contribution in [3.8, 4) is 0 Å². The first kappa shape index (κ1) is 25.9. The summed E-state index contributed by atoms with van der Waals surface area (Å²) in [5, 5.41) is 0. The predicted molar refractivity (Wildman–Crippen MR) is 113 cm³/mol. The molecule has 2 aliphatic carbocycles. The number of hydrogen-bond acceptors (Lipinski definition) is 2. The molecule has 2 nitrogen and oxygen atoms in total. The van der Waals surface area contributed by atoms with Crippen molar-refractivity contribution < 1.29 is 35.9 Å². The number of carbonyl (C=O) groups is 1. The Morgan fingerprint density at radius 2 is 1.52 bits per heavy atom. The average Bonchev–Trinajstić information content (AvgIpc) is 2.79. The van der Waals surface area contributed by atoms with Crippen molar-refractivity contribution in [3.63, 3.8) is 0 Å². The van der Waals surface area contributed by atoms with Gasteiger partial charge in [-0.3, -0.25) is 0 Å². The molecule has 0 bridgehead atoms. The molecule has 2 aliphatic rings. The quantitative estimate of drug-likeness (QED) is 0.298. The van der Waals surface area contributed by atoms with Gasteiger partial charge in [0.25, 0.3) is 0 Å². The van der Waals surface area contributed by atoms with Crippen LogP contribution in [0.25, 0.3) is 0 Å². The monoisotopic (exact) mass is 478 g/mol. The van der Waals surface area contributed by atoms with E-state index in [2.05, 4.69) is 11.7 Å². The standard InChI is InChI=1S/C25H32F6O2/c1-2-16-3-5-17(6-4-16)18-7-9-19(10-8-18)21-12-11-20(22(26)15-21)13-14-33-23(32)24(27,28)25(29,30)31/h11-12,15-19H,2-10,13-14H2,1H3. The van der Waals surface area contributed by atoms with Gasteiger partial charge in [-0.2, -0.15) is 22.0 Å². The predicted octanol–water partition coefficient (Wildman–Crippen LogP) is 7.60. The first-order chi connectivity index (χ1) is 15.5. The topological polar surface area (TPSA) is 26.3 Å². The highest BCUT2D eigenvalue weighted by molar-refractivity contribution is 5.78. The van der Waals surface area contributed by atoms with Crippen molar-refractivity contribution in [3.05, 3.63) is 35.1 Å². The molecule has 8 heteroatoms. The highest BCUT2D eigenvalue weighted by atomic mass is 19.4. The summed E-state index contributed by atoms with van der Waals surface area (Å²) < 4.78 is 80.9. The lowest BCUT2D eigenvalue weighted by Gasteiger charge is -2.38. The molecule has 1 aromatic rings. The first-order valence-corrected chi connectivity index (χ1v) is 11.9. The Hall–Kier alpha value is -1.73. The largest absolute Gasteiger partial charge is 0.465 e. The smallest absolute Gasteiger partial charge is 0.461 e. The Morgan fingerprint density at radius 3 is 2.03 bits per heavy atom. The van der Waals surface area contributed by atoms with Gasteiger partial charge < -0.3 is 4.74 Å². The fraction of sp³-hybridized carbons (Fsp3) is 0.720. The van der Waals surface area contributed by atoms with Gasteiger partial charge in [0, 0.05) is 6.42 Å². The van der Waals surface area contributed by atoms with Crippen molar-refractivity contribution in [2.75, 3.05) is 6.61 Å². The Kier molecular flexibility index (Phi) is 8.38. The minimum absolute atomic E-state index is 0.114. The maximum absolute atomic E-state index is 14.5. The van der Waals surface area contributed by atoms with Crippen LogP contribution in [0.2, 0.25) is 0 Å². The molecule has 0 radical (unpaired) electrons. The zero-order valence-corrected chi connectivity index (χ0v) is 18.9. The molecular weight excluding hydrogens is 446 g/mol. The van der Waals surface area contributed by atoms with E-state index in [0.717, 1.165) is 49.0 Å². The summed E-state index contributed by atoms with van der Waals surface area (Å²) >= 11 is 0. The van der Waals surface area contributed by atoms with Crippen molar-refractivity contribution in [1.29, 1.82) is 0 Å². The summed E-state index contributed by atoms with van der Waals surface area (Å²) in [6.45, 7) is 1.51. The lowest BCUT2D eigenvalue weighted by molar-refractivity contribution is -0.280. The lowest BCUT2D eigenvalue weighted by atomic mass is 9.68. The Morgan fingerprint density at radius 1 is 0.939 bits per heavy atom. The Labute approximate surface area is 191 Å².